The Morgan fingerprint density at radius 3 is 2.73 bits per heavy atom. The number of benzene rings is 2. The molecule has 2 aromatic heterocycles. The number of nitrogens with one attached hydrogen (secondary N) is 1. The van der Waals surface area contributed by atoms with E-state index in [1.807, 2.05) is 39.9 Å². The molecule has 1 aliphatic carbocycles. The molecule has 2 aromatic carbocycles. The number of nitrogens with zero attached hydrogens (tertiary/aromatic N) is 5. The number of halogens is 1. The quantitative estimate of drug-likeness (QED) is 0.327. The molecular weight excluding hydrogens is 572 g/mol. The van der Waals surface area contributed by atoms with Crippen LogP contribution in [-0.4, -0.2) is 66.3 Å². The van der Waals surface area contributed by atoms with E-state index in [2.05, 4.69) is 38.8 Å². The second-order valence-corrected chi connectivity index (χ2v) is 11.6. The van der Waals surface area contributed by atoms with Crippen molar-refractivity contribution in [2.45, 2.75) is 44.1 Å². The van der Waals surface area contributed by atoms with Crippen molar-refractivity contribution in [2.24, 2.45) is 0 Å². The minimum atomic E-state index is -0.369. The zero-order chi connectivity index (χ0) is 27.5. The monoisotopic (exact) mass is 600 g/mol. The topological polar surface area (TPSA) is 107 Å². The van der Waals surface area contributed by atoms with Crippen LogP contribution in [0.3, 0.4) is 0 Å². The first-order valence-corrected chi connectivity index (χ1v) is 14.5. The van der Waals surface area contributed by atoms with Gasteiger partial charge in [-0.3, -0.25) is 14.7 Å². The molecule has 10 heteroatoms. The van der Waals surface area contributed by atoms with E-state index < -0.39 is 0 Å². The summed E-state index contributed by atoms with van der Waals surface area (Å²) in [6.07, 6.45) is 6.03. The minimum Gasteiger partial charge on any atom is -0.506 e. The third kappa shape index (κ3) is 3.96. The maximum absolute atomic E-state index is 14.0. The molecule has 0 radical (unpaired) electrons. The van der Waals surface area contributed by atoms with Crippen molar-refractivity contribution in [1.29, 1.82) is 0 Å². The number of fused-ring (bicyclic) bond motifs is 1. The summed E-state index contributed by atoms with van der Waals surface area (Å²) >= 11 is 3.43. The summed E-state index contributed by atoms with van der Waals surface area (Å²) in [7, 11) is 0. The molecule has 204 valence electrons. The summed E-state index contributed by atoms with van der Waals surface area (Å²) in [5, 5.41) is 24.1. The third-order valence-electron chi connectivity index (χ3n) is 8.72. The van der Waals surface area contributed by atoms with Gasteiger partial charge in [0.15, 0.2) is 0 Å². The highest BCUT2D eigenvalue weighted by atomic mass is 79.9. The van der Waals surface area contributed by atoms with Gasteiger partial charge in [-0.05, 0) is 76.7 Å². The van der Waals surface area contributed by atoms with Crippen LogP contribution < -0.4 is 0 Å². The number of aromatic nitrogens is 4. The Balaban J connectivity index is 1.29. The van der Waals surface area contributed by atoms with Crippen LogP contribution in [0.15, 0.2) is 53.7 Å². The number of aromatic hydroxyl groups is 1. The van der Waals surface area contributed by atoms with E-state index in [9.17, 15) is 14.7 Å². The number of H-pyrrole nitrogens is 1. The molecule has 1 saturated carbocycles. The number of phenolic OH excluding ortho intramolecular Hbond substituents is 1. The number of hydrogen-bond donors (Lipinski definition) is 2. The molecular formula is C30H29BrN6O3. The molecule has 3 aliphatic rings. The summed E-state index contributed by atoms with van der Waals surface area (Å²) < 4.78 is 2.56. The Kier molecular flexibility index (Phi) is 6.03. The highest BCUT2D eigenvalue weighted by molar-refractivity contribution is 9.10. The Morgan fingerprint density at radius 2 is 1.98 bits per heavy atom. The maximum Gasteiger partial charge on any atom is 0.254 e. The van der Waals surface area contributed by atoms with E-state index in [1.54, 1.807) is 4.90 Å². The fourth-order valence-electron chi connectivity index (χ4n) is 6.37. The lowest BCUT2D eigenvalue weighted by Gasteiger charge is -2.38. The molecule has 7 rings (SSSR count). The van der Waals surface area contributed by atoms with Crippen molar-refractivity contribution < 1.29 is 14.7 Å². The molecule has 2 amide bonds. The van der Waals surface area contributed by atoms with Gasteiger partial charge in [-0.15, -0.1) is 0 Å². The van der Waals surface area contributed by atoms with Crippen LogP contribution in [0.4, 0.5) is 0 Å². The average Bonchev–Trinajstić information content (AvgIpc) is 3.42. The van der Waals surface area contributed by atoms with E-state index in [4.69, 9.17) is 5.10 Å². The molecule has 0 saturated heterocycles. The predicted octanol–water partition coefficient (Wildman–Crippen LogP) is 4.79. The van der Waals surface area contributed by atoms with Crippen LogP contribution in [0.25, 0.3) is 16.6 Å². The van der Waals surface area contributed by atoms with Gasteiger partial charge in [0.1, 0.15) is 16.0 Å². The lowest BCUT2D eigenvalue weighted by molar-refractivity contribution is -0.126. The van der Waals surface area contributed by atoms with Gasteiger partial charge in [-0.2, -0.15) is 10.2 Å². The van der Waals surface area contributed by atoms with Gasteiger partial charge in [0.05, 0.1) is 22.9 Å². The second kappa shape index (κ2) is 9.62. The number of rotatable bonds is 4. The molecule has 9 nitrogen and oxygen atoms in total. The Bertz CT molecular complexity index is 1690. The number of aromatic amines is 1. The molecule has 0 spiro atoms. The first kappa shape index (κ1) is 25.1. The zero-order valence-electron chi connectivity index (χ0n) is 21.9. The fraction of sp³-hybridized carbons (Fsp3) is 0.333. The average molecular weight is 602 g/mol. The summed E-state index contributed by atoms with van der Waals surface area (Å²) in [6.45, 7) is 4.97. The maximum atomic E-state index is 14.0. The van der Waals surface area contributed by atoms with Crippen molar-refractivity contribution in [3.8, 4) is 11.4 Å². The fourth-order valence-corrected chi connectivity index (χ4v) is 6.80. The van der Waals surface area contributed by atoms with Crippen molar-refractivity contribution >= 4 is 38.6 Å². The van der Waals surface area contributed by atoms with E-state index in [0.717, 1.165) is 40.7 Å². The van der Waals surface area contributed by atoms with Crippen LogP contribution in [0.2, 0.25) is 0 Å². The standard InChI is InChI=1S/C30H29BrN6O3/c1-2-27(39)35-12-10-21-28-24(37(34-21)23-9-7-18(15-26(23)38)17-4-3-5-17)11-13-36(25(28)16-35)30(40)19-6-8-20-22(14-19)32-33-29(20)31/h2,6-9,14-15,17,25,38H,1,3-5,10-13,16H2,(H,32,33). The lowest BCUT2D eigenvalue weighted by atomic mass is 9.80. The van der Waals surface area contributed by atoms with Crippen LogP contribution >= 0.6 is 15.9 Å². The third-order valence-corrected chi connectivity index (χ3v) is 9.33. The van der Waals surface area contributed by atoms with E-state index in [0.29, 0.717) is 54.2 Å². The highest BCUT2D eigenvalue weighted by Crippen LogP contribution is 2.41. The van der Waals surface area contributed by atoms with Gasteiger partial charge in [-0.25, -0.2) is 4.68 Å². The van der Waals surface area contributed by atoms with Crippen LogP contribution in [0.5, 0.6) is 5.75 Å². The molecule has 40 heavy (non-hydrogen) atoms. The van der Waals surface area contributed by atoms with E-state index >= 15 is 0 Å². The molecule has 4 aromatic rings. The number of carbonyl (C=O) groups is 2. The summed E-state index contributed by atoms with van der Waals surface area (Å²) in [4.78, 5) is 30.3. The minimum absolute atomic E-state index is 0.109. The van der Waals surface area contributed by atoms with Crippen molar-refractivity contribution in [1.82, 2.24) is 29.8 Å². The Morgan fingerprint density at radius 1 is 1.12 bits per heavy atom. The van der Waals surface area contributed by atoms with Crippen LogP contribution in [0.1, 0.15) is 64.1 Å². The molecule has 2 N–H and O–H groups in total. The number of hydrogen-bond acceptors (Lipinski definition) is 5. The van der Waals surface area contributed by atoms with Gasteiger partial charge < -0.3 is 14.9 Å². The van der Waals surface area contributed by atoms with Crippen LogP contribution in [0, 0.1) is 0 Å². The summed E-state index contributed by atoms with van der Waals surface area (Å²) in [5.41, 5.74) is 5.96. The van der Waals surface area contributed by atoms with Crippen molar-refractivity contribution in [3.63, 3.8) is 0 Å². The largest absolute Gasteiger partial charge is 0.506 e. The smallest absolute Gasteiger partial charge is 0.254 e. The van der Waals surface area contributed by atoms with Gasteiger partial charge >= 0.3 is 0 Å². The number of amides is 2. The zero-order valence-corrected chi connectivity index (χ0v) is 23.5. The molecule has 1 atom stereocenters. The van der Waals surface area contributed by atoms with Gasteiger partial charge in [0.2, 0.25) is 5.91 Å². The molecule has 0 bridgehead atoms. The Labute approximate surface area is 239 Å². The van der Waals surface area contributed by atoms with Gasteiger partial charge in [0, 0.05) is 49.0 Å². The van der Waals surface area contributed by atoms with Crippen LogP contribution in [-0.2, 0) is 17.6 Å². The summed E-state index contributed by atoms with van der Waals surface area (Å²) in [6, 6.07) is 11.1. The van der Waals surface area contributed by atoms with Crippen molar-refractivity contribution in [2.75, 3.05) is 19.6 Å². The molecule has 1 fully saturated rings. The first-order valence-electron chi connectivity index (χ1n) is 13.7. The molecule has 1 unspecified atom stereocenters. The second-order valence-electron chi connectivity index (χ2n) is 10.9. The van der Waals surface area contributed by atoms with Gasteiger partial charge in [0.25, 0.3) is 5.91 Å². The lowest BCUT2D eigenvalue weighted by Crippen LogP contribution is -2.45. The van der Waals surface area contributed by atoms with Gasteiger partial charge in [-0.1, -0.05) is 19.1 Å². The first-order chi connectivity index (χ1) is 19.4. The predicted molar refractivity (Wildman–Crippen MR) is 154 cm³/mol. The molecule has 4 heterocycles. The highest BCUT2D eigenvalue weighted by Gasteiger charge is 2.40. The normalized spacial score (nSPS) is 18.8. The summed E-state index contributed by atoms with van der Waals surface area (Å²) in [5.74, 6) is 0.469. The number of phenols is 1. The van der Waals surface area contributed by atoms with E-state index in [-0.39, 0.29) is 23.6 Å². The van der Waals surface area contributed by atoms with E-state index in [1.165, 1.54) is 18.1 Å². The van der Waals surface area contributed by atoms with Crippen molar-refractivity contribution in [3.05, 3.63) is 81.7 Å². The molecule has 2 aliphatic heterocycles. The number of carbonyl (C=O) groups excluding carboxylic acids is 2. The SMILES string of the molecule is C=CC(=O)N1CCc2nn(-c3ccc(C4CCC4)cc3O)c3c2C(C1)N(C(=O)c1ccc2c(Br)n[nH]c2c1)CC3. The Hall–Kier alpha value is -3.92.